The van der Waals surface area contributed by atoms with Crippen molar-refractivity contribution < 1.29 is 4.39 Å². The van der Waals surface area contributed by atoms with E-state index in [-0.39, 0.29) is 11.9 Å². The number of anilines is 2. The summed E-state index contributed by atoms with van der Waals surface area (Å²) in [5.74, 6) is -0.265. The van der Waals surface area contributed by atoms with E-state index in [1.165, 1.54) is 23.3 Å². The van der Waals surface area contributed by atoms with Gasteiger partial charge in [0.2, 0.25) is 0 Å². The first-order chi connectivity index (χ1) is 14.7. The normalized spacial score (nSPS) is 16.9. The number of nitrogens with one attached hydrogen (secondary N) is 1. The van der Waals surface area contributed by atoms with Gasteiger partial charge in [0.1, 0.15) is 11.5 Å². The molecule has 0 amide bonds. The number of aromatic nitrogens is 3. The number of benzene rings is 2. The summed E-state index contributed by atoms with van der Waals surface area (Å²) in [4.78, 5) is 2.49. The fourth-order valence-electron chi connectivity index (χ4n) is 4.21. The lowest BCUT2D eigenvalue weighted by Crippen LogP contribution is -2.23. The van der Waals surface area contributed by atoms with Crippen molar-refractivity contribution in [2.75, 3.05) is 11.9 Å². The van der Waals surface area contributed by atoms with Gasteiger partial charge in [-0.1, -0.05) is 41.1 Å². The first-order valence-corrected chi connectivity index (χ1v) is 10.3. The molecule has 0 aliphatic carbocycles. The predicted octanol–water partition coefficient (Wildman–Crippen LogP) is 5.26. The highest BCUT2D eigenvalue weighted by molar-refractivity contribution is 5.63. The van der Waals surface area contributed by atoms with Crippen molar-refractivity contribution in [3.63, 3.8) is 0 Å². The van der Waals surface area contributed by atoms with Gasteiger partial charge < -0.3 is 5.32 Å². The molecule has 4 aromatic rings. The quantitative estimate of drug-likeness (QED) is 0.496. The van der Waals surface area contributed by atoms with Crippen LogP contribution in [0.5, 0.6) is 0 Å². The zero-order valence-electron chi connectivity index (χ0n) is 16.9. The average Bonchev–Trinajstić information content (AvgIpc) is 3.36. The fourth-order valence-corrected chi connectivity index (χ4v) is 4.21. The van der Waals surface area contributed by atoms with E-state index in [4.69, 9.17) is 0 Å². The van der Waals surface area contributed by atoms with Gasteiger partial charge in [0.15, 0.2) is 0 Å². The molecule has 6 heteroatoms. The fraction of sp³-hybridized carbons (Fsp3) is 0.250. The molecule has 1 aliphatic rings. The van der Waals surface area contributed by atoms with Gasteiger partial charge >= 0.3 is 0 Å². The molecule has 1 unspecified atom stereocenters. The van der Waals surface area contributed by atoms with E-state index in [1.807, 2.05) is 24.4 Å². The van der Waals surface area contributed by atoms with Crippen LogP contribution < -0.4 is 5.32 Å². The molecular weight excluding hydrogens is 377 g/mol. The Morgan fingerprint density at radius 2 is 1.93 bits per heavy atom. The molecule has 0 saturated carbocycles. The summed E-state index contributed by atoms with van der Waals surface area (Å²) < 4.78 is 15.2. The number of fused-ring (bicyclic) bond motifs is 1. The van der Waals surface area contributed by atoms with Gasteiger partial charge in [-0.15, -0.1) is 5.10 Å². The van der Waals surface area contributed by atoms with Crippen LogP contribution in [0, 0.1) is 12.7 Å². The lowest BCUT2D eigenvalue weighted by Gasteiger charge is -2.23. The van der Waals surface area contributed by atoms with Crippen molar-refractivity contribution in [3.8, 4) is 0 Å². The van der Waals surface area contributed by atoms with Crippen LogP contribution in [0.1, 0.15) is 35.7 Å². The van der Waals surface area contributed by atoms with Crippen molar-refractivity contribution in [1.29, 1.82) is 0 Å². The minimum absolute atomic E-state index is 0.265. The first kappa shape index (κ1) is 18.8. The Balaban J connectivity index is 1.38. The molecule has 5 nitrogen and oxygen atoms in total. The molecule has 1 saturated heterocycles. The van der Waals surface area contributed by atoms with Crippen molar-refractivity contribution in [1.82, 2.24) is 19.7 Å². The van der Waals surface area contributed by atoms with Crippen LogP contribution >= 0.6 is 0 Å². The molecule has 0 bridgehead atoms. The molecule has 152 valence electrons. The molecule has 2 aromatic carbocycles. The second-order valence-corrected chi connectivity index (χ2v) is 7.97. The minimum atomic E-state index is -0.265. The van der Waals surface area contributed by atoms with Gasteiger partial charge in [-0.2, -0.15) is 0 Å². The highest BCUT2D eigenvalue weighted by atomic mass is 19.1. The summed E-state index contributed by atoms with van der Waals surface area (Å²) in [5.41, 5.74) is 6.19. The van der Waals surface area contributed by atoms with Gasteiger partial charge in [0.25, 0.3) is 0 Å². The van der Waals surface area contributed by atoms with Crippen LogP contribution in [0.2, 0.25) is 0 Å². The Hall–Kier alpha value is -3.25. The lowest BCUT2D eigenvalue weighted by atomic mass is 10.1. The number of pyridine rings is 1. The third kappa shape index (κ3) is 3.78. The monoisotopic (exact) mass is 401 g/mol. The molecule has 1 atom stereocenters. The van der Waals surface area contributed by atoms with E-state index in [9.17, 15) is 4.39 Å². The summed E-state index contributed by atoms with van der Waals surface area (Å²) >= 11 is 0. The van der Waals surface area contributed by atoms with E-state index in [2.05, 4.69) is 51.7 Å². The third-order valence-electron chi connectivity index (χ3n) is 5.74. The second kappa shape index (κ2) is 7.88. The Labute approximate surface area is 175 Å². The minimum Gasteiger partial charge on any atom is -0.354 e. The second-order valence-electron chi connectivity index (χ2n) is 7.97. The first-order valence-electron chi connectivity index (χ1n) is 10.3. The van der Waals surface area contributed by atoms with E-state index in [0.717, 1.165) is 42.8 Å². The van der Waals surface area contributed by atoms with Crippen LogP contribution in [0.4, 0.5) is 15.8 Å². The van der Waals surface area contributed by atoms with E-state index in [1.54, 1.807) is 10.6 Å². The van der Waals surface area contributed by atoms with Gasteiger partial charge in [0.05, 0.1) is 23.4 Å². The topological polar surface area (TPSA) is 45.5 Å². The lowest BCUT2D eigenvalue weighted by molar-refractivity contribution is 0.245. The maximum absolute atomic E-state index is 13.4. The highest BCUT2D eigenvalue weighted by Crippen LogP contribution is 2.34. The summed E-state index contributed by atoms with van der Waals surface area (Å²) in [5, 5.41) is 12.1. The van der Waals surface area contributed by atoms with E-state index < -0.39 is 0 Å². The maximum atomic E-state index is 13.4. The van der Waals surface area contributed by atoms with Gasteiger partial charge in [-0.3, -0.25) is 4.90 Å². The summed E-state index contributed by atoms with van der Waals surface area (Å²) in [6.45, 7) is 4.10. The largest absolute Gasteiger partial charge is 0.354 e. The van der Waals surface area contributed by atoms with Gasteiger partial charge in [0, 0.05) is 12.2 Å². The number of hydrogen-bond donors (Lipinski definition) is 1. The summed E-state index contributed by atoms with van der Waals surface area (Å²) in [6, 6.07) is 19.5. The SMILES string of the molecule is Cc1ccc(CN2CCCC2c2nnn3cc(Nc4cccc(F)c4)ccc23)cc1. The standard InChI is InChI=1S/C24H24FN5/c1-17-7-9-18(10-8-17)15-29-13-3-6-22(29)24-23-12-11-21(16-30(23)28-27-24)26-20-5-2-4-19(25)14-20/h2,4-5,7-12,14,16,22,26H,3,6,13,15H2,1H3. The average molecular weight is 401 g/mol. The number of aryl methyl sites for hydroxylation is 1. The molecule has 0 radical (unpaired) electrons. The Morgan fingerprint density at radius 3 is 2.77 bits per heavy atom. The number of halogens is 1. The zero-order chi connectivity index (χ0) is 20.5. The molecular formula is C24H24FN5. The molecule has 3 heterocycles. The summed E-state index contributed by atoms with van der Waals surface area (Å²) in [6.07, 6.45) is 4.15. The van der Waals surface area contributed by atoms with Crippen LogP contribution in [0.25, 0.3) is 5.52 Å². The van der Waals surface area contributed by atoms with Crippen LogP contribution in [-0.4, -0.2) is 26.3 Å². The maximum Gasteiger partial charge on any atom is 0.125 e. The van der Waals surface area contributed by atoms with E-state index in [0.29, 0.717) is 5.69 Å². The van der Waals surface area contributed by atoms with Crippen LogP contribution in [0.3, 0.4) is 0 Å². The molecule has 5 rings (SSSR count). The number of hydrogen-bond acceptors (Lipinski definition) is 4. The summed E-state index contributed by atoms with van der Waals surface area (Å²) in [7, 11) is 0. The Bertz CT molecular complexity index is 1170. The highest BCUT2D eigenvalue weighted by Gasteiger charge is 2.29. The van der Waals surface area contributed by atoms with Crippen LogP contribution in [0.15, 0.2) is 66.9 Å². The molecule has 30 heavy (non-hydrogen) atoms. The Morgan fingerprint density at radius 1 is 1.07 bits per heavy atom. The molecule has 1 aliphatic heterocycles. The van der Waals surface area contributed by atoms with E-state index >= 15 is 0 Å². The number of rotatable bonds is 5. The smallest absolute Gasteiger partial charge is 0.125 e. The third-order valence-corrected chi connectivity index (χ3v) is 5.74. The molecule has 0 spiro atoms. The van der Waals surface area contributed by atoms with Crippen molar-refractivity contribution in [3.05, 3.63) is 89.5 Å². The van der Waals surface area contributed by atoms with Gasteiger partial charge in [-0.25, -0.2) is 8.91 Å². The van der Waals surface area contributed by atoms with Crippen molar-refractivity contribution >= 4 is 16.9 Å². The van der Waals surface area contributed by atoms with Crippen LogP contribution in [-0.2, 0) is 6.54 Å². The van der Waals surface area contributed by atoms with Crippen molar-refractivity contribution in [2.45, 2.75) is 32.4 Å². The molecule has 2 aromatic heterocycles. The number of likely N-dealkylation sites (tertiary alicyclic amines) is 1. The van der Waals surface area contributed by atoms with Gasteiger partial charge in [-0.05, 0) is 62.2 Å². The Kier molecular flexibility index (Phi) is 4.93. The molecule has 1 fully saturated rings. The number of nitrogens with zero attached hydrogens (tertiary/aromatic N) is 4. The predicted molar refractivity (Wildman–Crippen MR) is 116 cm³/mol. The zero-order valence-corrected chi connectivity index (χ0v) is 16.9. The molecule has 1 N–H and O–H groups in total. The van der Waals surface area contributed by atoms with Crippen molar-refractivity contribution in [2.24, 2.45) is 0 Å².